The summed E-state index contributed by atoms with van der Waals surface area (Å²) in [6.07, 6.45) is 2.25. The summed E-state index contributed by atoms with van der Waals surface area (Å²) in [6.45, 7) is 8.17. The van der Waals surface area contributed by atoms with Crippen LogP contribution in [0, 0.1) is 5.92 Å². The molecule has 0 radical (unpaired) electrons. The van der Waals surface area contributed by atoms with Crippen LogP contribution in [0.25, 0.3) is 0 Å². The first-order chi connectivity index (χ1) is 20.5. The summed E-state index contributed by atoms with van der Waals surface area (Å²) in [5, 5.41) is 3.48. The monoisotopic (exact) mass is 645 g/mol. The molecule has 0 aliphatic rings. The van der Waals surface area contributed by atoms with E-state index in [1.165, 1.54) is 28.8 Å². The van der Waals surface area contributed by atoms with Crippen molar-refractivity contribution in [3.8, 4) is 5.75 Å². The lowest BCUT2D eigenvalue weighted by atomic mass is 10.1. The largest absolute Gasteiger partial charge is 0.494 e. The van der Waals surface area contributed by atoms with Crippen LogP contribution in [0.1, 0.15) is 39.7 Å². The number of nitrogens with one attached hydrogen (secondary N) is 1. The number of anilines is 1. The molecule has 0 fully saturated rings. The van der Waals surface area contributed by atoms with Crippen LogP contribution in [-0.4, -0.2) is 57.1 Å². The second-order valence-corrected chi connectivity index (χ2v) is 13.5. The Morgan fingerprint density at radius 3 is 2.12 bits per heavy atom. The number of carbonyl (C=O) groups excluding carboxylic acids is 2. The number of nitrogens with zero attached hydrogens (tertiary/aromatic N) is 2. The zero-order chi connectivity index (χ0) is 31.6. The molecule has 0 aliphatic heterocycles. The molecule has 43 heavy (non-hydrogen) atoms. The Labute approximate surface area is 264 Å². The van der Waals surface area contributed by atoms with Crippen molar-refractivity contribution in [3.63, 3.8) is 0 Å². The summed E-state index contributed by atoms with van der Waals surface area (Å²) in [4.78, 5) is 29.9. The Bertz CT molecular complexity index is 1450. The maximum Gasteiger partial charge on any atom is 0.264 e. The number of carbonyl (C=O) groups is 2. The van der Waals surface area contributed by atoms with E-state index in [1.54, 1.807) is 60.7 Å². The highest BCUT2D eigenvalue weighted by Gasteiger charge is 2.33. The van der Waals surface area contributed by atoms with Crippen LogP contribution in [0.15, 0.2) is 82.6 Å². The number of hydrogen-bond acceptors (Lipinski definition) is 6. The number of ether oxygens (including phenoxy) is 1. The second-order valence-electron chi connectivity index (χ2n) is 10.3. The van der Waals surface area contributed by atoms with Crippen LogP contribution in [0.3, 0.4) is 0 Å². The molecule has 1 atom stereocenters. The van der Waals surface area contributed by atoms with Gasteiger partial charge in [0, 0.05) is 23.0 Å². The lowest BCUT2D eigenvalue weighted by Crippen LogP contribution is -2.52. The van der Waals surface area contributed by atoms with Crippen molar-refractivity contribution in [1.29, 1.82) is 0 Å². The smallest absolute Gasteiger partial charge is 0.264 e. The molecule has 0 saturated carbocycles. The molecule has 11 heteroatoms. The average Bonchev–Trinajstić information content (AvgIpc) is 3.00. The van der Waals surface area contributed by atoms with Gasteiger partial charge in [-0.25, -0.2) is 8.42 Å². The van der Waals surface area contributed by atoms with Crippen LogP contribution in [0.4, 0.5) is 5.69 Å². The summed E-state index contributed by atoms with van der Waals surface area (Å²) in [5.41, 5.74) is 1.06. The number of amides is 2. The molecule has 3 aromatic carbocycles. The lowest BCUT2D eigenvalue weighted by Gasteiger charge is -2.33. The summed E-state index contributed by atoms with van der Waals surface area (Å²) in [6, 6.07) is 19.3. The quantitative estimate of drug-likeness (QED) is 0.197. The number of thioether (sulfide) groups is 1. The van der Waals surface area contributed by atoms with Gasteiger partial charge in [0.25, 0.3) is 10.0 Å². The number of hydrogen-bond donors (Lipinski definition) is 1. The van der Waals surface area contributed by atoms with Gasteiger partial charge in [0.15, 0.2) is 0 Å². The van der Waals surface area contributed by atoms with Crippen molar-refractivity contribution >= 4 is 50.9 Å². The zero-order valence-corrected chi connectivity index (χ0v) is 27.6. The number of rotatable bonds is 15. The van der Waals surface area contributed by atoms with E-state index in [4.69, 9.17) is 16.3 Å². The molecule has 0 unspecified atom stereocenters. The topological polar surface area (TPSA) is 96.0 Å². The van der Waals surface area contributed by atoms with E-state index in [-0.39, 0.29) is 23.3 Å². The first kappa shape index (κ1) is 34.3. The first-order valence-corrected chi connectivity index (χ1v) is 17.3. The van der Waals surface area contributed by atoms with Gasteiger partial charge in [0.05, 0.1) is 17.2 Å². The predicted octanol–water partition coefficient (Wildman–Crippen LogP) is 6.24. The standard InChI is InChI=1S/C32H40ClN3O5S2/c1-6-30(32(38)34-20-23(3)4)35(21-24-8-10-25(33)11-9-24)31(37)22-36(26-12-14-27(15-13-26)41-7-2)43(39,40)29-18-16-28(42-5)17-19-29/h8-19,23,30H,6-7,20-22H2,1-5H3,(H,34,38)/t30-/m0/s1. The average molecular weight is 646 g/mol. The van der Waals surface area contributed by atoms with E-state index >= 15 is 0 Å². The highest BCUT2D eigenvalue weighted by atomic mass is 35.5. The highest BCUT2D eigenvalue weighted by molar-refractivity contribution is 7.98. The van der Waals surface area contributed by atoms with Crippen molar-refractivity contribution < 1.29 is 22.7 Å². The Kier molecular flexibility index (Phi) is 12.8. The van der Waals surface area contributed by atoms with E-state index in [0.717, 1.165) is 14.8 Å². The summed E-state index contributed by atoms with van der Waals surface area (Å²) in [7, 11) is -4.17. The van der Waals surface area contributed by atoms with Crippen molar-refractivity contribution in [2.45, 2.75) is 56.5 Å². The Hall–Kier alpha value is -3.21. The van der Waals surface area contributed by atoms with Gasteiger partial charge in [-0.2, -0.15) is 0 Å². The van der Waals surface area contributed by atoms with Gasteiger partial charge in [0.2, 0.25) is 11.8 Å². The van der Waals surface area contributed by atoms with Crippen molar-refractivity contribution in [1.82, 2.24) is 10.2 Å². The van der Waals surface area contributed by atoms with Crippen LogP contribution in [-0.2, 0) is 26.2 Å². The number of halogens is 1. The fourth-order valence-corrected chi connectivity index (χ4v) is 6.36. The minimum absolute atomic E-state index is 0.0537. The van der Waals surface area contributed by atoms with Gasteiger partial charge in [-0.15, -0.1) is 11.8 Å². The summed E-state index contributed by atoms with van der Waals surface area (Å²) >= 11 is 7.59. The van der Waals surface area contributed by atoms with Crippen LogP contribution < -0.4 is 14.4 Å². The van der Waals surface area contributed by atoms with Crippen molar-refractivity contribution in [2.75, 3.05) is 30.3 Å². The minimum Gasteiger partial charge on any atom is -0.494 e. The first-order valence-electron chi connectivity index (χ1n) is 14.2. The third kappa shape index (κ3) is 9.39. The molecule has 3 aromatic rings. The molecule has 0 spiro atoms. The van der Waals surface area contributed by atoms with Gasteiger partial charge in [-0.05, 0) is 91.7 Å². The van der Waals surface area contributed by atoms with E-state index in [2.05, 4.69) is 5.32 Å². The molecule has 0 bridgehead atoms. The maximum atomic E-state index is 14.2. The third-order valence-electron chi connectivity index (χ3n) is 6.70. The van der Waals surface area contributed by atoms with Crippen molar-refractivity contribution in [2.24, 2.45) is 5.92 Å². The SMILES string of the molecule is CCOc1ccc(N(CC(=O)N(Cc2ccc(Cl)cc2)[C@@H](CC)C(=O)NCC(C)C)S(=O)(=O)c2ccc(SC)cc2)cc1. The molecule has 3 rings (SSSR count). The van der Waals surface area contributed by atoms with Crippen LogP contribution >= 0.6 is 23.4 Å². The van der Waals surface area contributed by atoms with Gasteiger partial charge >= 0.3 is 0 Å². The normalized spacial score (nSPS) is 12.1. The van der Waals surface area contributed by atoms with E-state index < -0.39 is 28.5 Å². The summed E-state index contributed by atoms with van der Waals surface area (Å²) in [5.74, 6) is -0.00233. The molecule has 8 nitrogen and oxygen atoms in total. The second kappa shape index (κ2) is 16.0. The Morgan fingerprint density at radius 2 is 1.58 bits per heavy atom. The van der Waals surface area contributed by atoms with Crippen LogP contribution in [0.2, 0.25) is 5.02 Å². The number of sulfonamides is 1. The molecule has 0 aromatic heterocycles. The van der Waals surface area contributed by atoms with Gasteiger partial charge in [-0.1, -0.05) is 44.5 Å². The highest BCUT2D eigenvalue weighted by Crippen LogP contribution is 2.28. The molecule has 1 N–H and O–H groups in total. The molecule has 0 saturated heterocycles. The fourth-order valence-electron chi connectivity index (χ4n) is 4.41. The van der Waals surface area contributed by atoms with Gasteiger partial charge in [0.1, 0.15) is 18.3 Å². The van der Waals surface area contributed by atoms with Gasteiger partial charge in [-0.3, -0.25) is 13.9 Å². The summed E-state index contributed by atoms with van der Waals surface area (Å²) < 4.78 is 34.8. The fraction of sp³-hybridized carbons (Fsp3) is 0.375. The van der Waals surface area contributed by atoms with Crippen molar-refractivity contribution in [3.05, 3.63) is 83.4 Å². The molecule has 0 aliphatic carbocycles. The molecular weight excluding hydrogens is 606 g/mol. The van der Waals surface area contributed by atoms with Gasteiger partial charge < -0.3 is 15.0 Å². The lowest BCUT2D eigenvalue weighted by molar-refractivity contribution is -0.140. The minimum atomic E-state index is -4.17. The Balaban J connectivity index is 2.05. The number of benzene rings is 3. The third-order valence-corrected chi connectivity index (χ3v) is 9.48. The molecule has 0 heterocycles. The molecule has 232 valence electrons. The molecule has 2 amide bonds. The van der Waals surface area contributed by atoms with Crippen LogP contribution in [0.5, 0.6) is 5.75 Å². The molecular formula is C32H40ClN3O5S2. The maximum absolute atomic E-state index is 14.2. The predicted molar refractivity (Wildman–Crippen MR) is 174 cm³/mol. The van der Waals surface area contributed by atoms with E-state index in [1.807, 2.05) is 34.0 Å². The van der Waals surface area contributed by atoms with E-state index in [9.17, 15) is 18.0 Å². The van der Waals surface area contributed by atoms with E-state index in [0.29, 0.717) is 36.0 Å². The zero-order valence-electron chi connectivity index (χ0n) is 25.2. The Morgan fingerprint density at radius 1 is 0.953 bits per heavy atom.